The number of hydrogen-bond acceptors (Lipinski definition) is 4. The van der Waals surface area contributed by atoms with E-state index < -0.39 is 0 Å². The van der Waals surface area contributed by atoms with Crippen molar-refractivity contribution >= 4 is 5.96 Å². The molecule has 6 heteroatoms. The Morgan fingerprint density at radius 1 is 1.32 bits per heavy atom. The fraction of sp³-hybridized carbons (Fsp3) is 0.682. The minimum atomic E-state index is 0.00931. The van der Waals surface area contributed by atoms with E-state index in [4.69, 9.17) is 14.2 Å². The second kappa shape index (κ2) is 8.19. The summed E-state index contributed by atoms with van der Waals surface area (Å²) in [5.41, 5.74) is 0.321. The van der Waals surface area contributed by atoms with Gasteiger partial charge >= 0.3 is 0 Å². The minimum Gasteiger partial charge on any atom is -0.497 e. The summed E-state index contributed by atoms with van der Waals surface area (Å²) in [6.07, 6.45) is 6.83. The van der Waals surface area contributed by atoms with Crippen LogP contribution in [0.25, 0.3) is 0 Å². The lowest BCUT2D eigenvalue weighted by Crippen LogP contribution is -2.69. The van der Waals surface area contributed by atoms with Gasteiger partial charge in [0.1, 0.15) is 17.6 Å². The predicted molar refractivity (Wildman–Crippen MR) is 110 cm³/mol. The Bertz CT molecular complexity index is 702. The molecule has 0 aromatic heterocycles. The third-order valence-corrected chi connectivity index (χ3v) is 6.74. The SMILES string of the molecule is CN=C(NCC(C)Oc1cccc(OC)c1)NC1C2CCOC2C12CCCC2. The van der Waals surface area contributed by atoms with Crippen LogP contribution in [0.1, 0.15) is 39.0 Å². The molecule has 6 nitrogen and oxygen atoms in total. The molecule has 1 aromatic rings. The predicted octanol–water partition coefficient (Wildman–Crippen LogP) is 2.98. The monoisotopic (exact) mass is 387 g/mol. The van der Waals surface area contributed by atoms with Gasteiger partial charge in [0.15, 0.2) is 5.96 Å². The van der Waals surface area contributed by atoms with Crippen LogP contribution in [0.3, 0.4) is 0 Å². The molecule has 4 unspecified atom stereocenters. The number of methoxy groups -OCH3 is 1. The van der Waals surface area contributed by atoms with Crippen molar-refractivity contribution in [2.45, 2.75) is 57.3 Å². The first-order chi connectivity index (χ1) is 13.7. The molecule has 0 radical (unpaired) electrons. The van der Waals surface area contributed by atoms with Crippen molar-refractivity contribution in [3.63, 3.8) is 0 Å². The van der Waals surface area contributed by atoms with E-state index in [9.17, 15) is 0 Å². The summed E-state index contributed by atoms with van der Waals surface area (Å²) < 4.78 is 17.4. The Labute approximate surface area is 168 Å². The Hall–Kier alpha value is -1.95. The average molecular weight is 388 g/mol. The summed E-state index contributed by atoms with van der Waals surface area (Å²) in [4.78, 5) is 4.46. The van der Waals surface area contributed by atoms with Crippen LogP contribution in [-0.2, 0) is 4.74 Å². The highest BCUT2D eigenvalue weighted by Crippen LogP contribution is 2.60. The Balaban J connectivity index is 1.31. The van der Waals surface area contributed by atoms with Crippen LogP contribution in [0.2, 0.25) is 0 Å². The molecule has 4 atom stereocenters. The zero-order chi connectivity index (χ0) is 19.6. The fourth-order valence-corrected chi connectivity index (χ4v) is 5.43. The molecular formula is C22H33N3O3. The maximum absolute atomic E-state index is 6.09. The van der Waals surface area contributed by atoms with Gasteiger partial charge in [-0.15, -0.1) is 0 Å². The first-order valence-corrected chi connectivity index (χ1v) is 10.6. The zero-order valence-electron chi connectivity index (χ0n) is 17.2. The second-order valence-corrected chi connectivity index (χ2v) is 8.37. The molecule has 1 heterocycles. The van der Waals surface area contributed by atoms with Crippen molar-refractivity contribution in [3.05, 3.63) is 24.3 Å². The lowest BCUT2D eigenvalue weighted by Gasteiger charge is -2.57. The average Bonchev–Trinajstić information content (AvgIpc) is 3.37. The topological polar surface area (TPSA) is 64.1 Å². The number of nitrogens with zero attached hydrogens (tertiary/aromatic N) is 1. The van der Waals surface area contributed by atoms with E-state index in [1.807, 2.05) is 31.3 Å². The summed E-state index contributed by atoms with van der Waals surface area (Å²) in [6.45, 7) is 3.65. The quantitative estimate of drug-likeness (QED) is 0.580. The number of rotatable bonds is 6. The molecule has 1 saturated heterocycles. The summed E-state index contributed by atoms with van der Waals surface area (Å²) in [7, 11) is 3.50. The number of hydrogen-bond donors (Lipinski definition) is 2. The lowest BCUT2D eigenvalue weighted by molar-refractivity contribution is -0.125. The first-order valence-electron chi connectivity index (χ1n) is 10.6. The third-order valence-electron chi connectivity index (χ3n) is 6.74. The van der Waals surface area contributed by atoms with Gasteiger partial charge in [-0.25, -0.2) is 0 Å². The Morgan fingerprint density at radius 3 is 2.86 bits per heavy atom. The molecule has 3 aliphatic rings. The molecule has 1 aliphatic heterocycles. The number of nitrogens with one attached hydrogen (secondary N) is 2. The molecular weight excluding hydrogens is 354 g/mol. The molecule has 154 valence electrons. The molecule has 3 fully saturated rings. The van der Waals surface area contributed by atoms with E-state index in [2.05, 4.69) is 22.5 Å². The standard InChI is InChI=1S/C22H33N3O3/c1-15(28-17-8-6-7-16(13-17)26-3)14-24-21(23-2)25-19-18-9-12-27-20(18)22(19)10-4-5-11-22/h6-8,13,15,18-20H,4-5,9-12,14H2,1-3H3,(H2,23,24,25). The molecule has 2 aliphatic carbocycles. The van der Waals surface area contributed by atoms with E-state index in [1.165, 1.54) is 25.7 Å². The van der Waals surface area contributed by atoms with Gasteiger partial charge in [-0.2, -0.15) is 0 Å². The van der Waals surface area contributed by atoms with Crippen molar-refractivity contribution in [2.24, 2.45) is 16.3 Å². The van der Waals surface area contributed by atoms with Crippen molar-refractivity contribution < 1.29 is 14.2 Å². The highest BCUT2D eigenvalue weighted by Gasteiger charge is 2.65. The summed E-state index contributed by atoms with van der Waals surface area (Å²) >= 11 is 0. The van der Waals surface area contributed by atoms with E-state index >= 15 is 0 Å². The normalized spacial score (nSPS) is 29.1. The lowest BCUT2D eigenvalue weighted by atomic mass is 9.54. The molecule has 1 aromatic carbocycles. The smallest absolute Gasteiger partial charge is 0.191 e. The number of aliphatic imine (C=N–C) groups is 1. The first kappa shape index (κ1) is 19.4. The van der Waals surface area contributed by atoms with Crippen LogP contribution in [0.5, 0.6) is 11.5 Å². The molecule has 4 rings (SSSR count). The molecule has 0 bridgehead atoms. The molecule has 0 amide bonds. The highest BCUT2D eigenvalue weighted by atomic mass is 16.5. The van der Waals surface area contributed by atoms with Crippen LogP contribution in [-0.4, -0.2) is 51.5 Å². The van der Waals surface area contributed by atoms with Crippen molar-refractivity contribution in [3.8, 4) is 11.5 Å². The van der Waals surface area contributed by atoms with Gasteiger partial charge in [-0.3, -0.25) is 4.99 Å². The van der Waals surface area contributed by atoms with Crippen LogP contribution < -0.4 is 20.1 Å². The van der Waals surface area contributed by atoms with Crippen LogP contribution >= 0.6 is 0 Å². The second-order valence-electron chi connectivity index (χ2n) is 8.37. The summed E-state index contributed by atoms with van der Waals surface area (Å²) in [5.74, 6) is 3.10. The van der Waals surface area contributed by atoms with Crippen LogP contribution in [0, 0.1) is 11.3 Å². The number of ether oxygens (including phenoxy) is 3. The summed E-state index contributed by atoms with van der Waals surface area (Å²) in [5, 5.41) is 7.17. The number of guanidine groups is 1. The van der Waals surface area contributed by atoms with Crippen LogP contribution in [0.4, 0.5) is 0 Å². The molecule has 2 saturated carbocycles. The number of benzene rings is 1. The molecule has 28 heavy (non-hydrogen) atoms. The van der Waals surface area contributed by atoms with Gasteiger partial charge in [0.05, 0.1) is 19.8 Å². The number of fused-ring (bicyclic) bond motifs is 2. The van der Waals surface area contributed by atoms with Gasteiger partial charge in [0.2, 0.25) is 0 Å². The zero-order valence-corrected chi connectivity index (χ0v) is 17.2. The van der Waals surface area contributed by atoms with Crippen molar-refractivity contribution in [2.75, 3.05) is 27.3 Å². The van der Waals surface area contributed by atoms with Gasteiger partial charge in [0.25, 0.3) is 0 Å². The van der Waals surface area contributed by atoms with Gasteiger partial charge in [-0.1, -0.05) is 18.9 Å². The third kappa shape index (κ3) is 3.54. The highest BCUT2D eigenvalue weighted by molar-refractivity contribution is 5.80. The minimum absolute atomic E-state index is 0.00931. The van der Waals surface area contributed by atoms with Crippen molar-refractivity contribution in [1.29, 1.82) is 0 Å². The Morgan fingerprint density at radius 2 is 2.11 bits per heavy atom. The van der Waals surface area contributed by atoms with E-state index in [0.29, 0.717) is 30.0 Å². The van der Waals surface area contributed by atoms with Gasteiger partial charge in [-0.05, 0) is 38.3 Å². The summed E-state index contributed by atoms with van der Waals surface area (Å²) in [6, 6.07) is 8.18. The Kier molecular flexibility index (Phi) is 5.67. The molecule has 1 spiro atoms. The fourth-order valence-electron chi connectivity index (χ4n) is 5.43. The largest absolute Gasteiger partial charge is 0.497 e. The van der Waals surface area contributed by atoms with Crippen molar-refractivity contribution in [1.82, 2.24) is 10.6 Å². The maximum Gasteiger partial charge on any atom is 0.191 e. The maximum atomic E-state index is 6.09. The van der Waals surface area contributed by atoms with Crippen LogP contribution in [0.15, 0.2) is 29.3 Å². The van der Waals surface area contributed by atoms with E-state index in [-0.39, 0.29) is 6.10 Å². The van der Waals surface area contributed by atoms with Gasteiger partial charge < -0.3 is 24.8 Å². The van der Waals surface area contributed by atoms with E-state index in [0.717, 1.165) is 30.5 Å². The van der Waals surface area contributed by atoms with Gasteiger partial charge in [0, 0.05) is 37.1 Å². The molecule has 2 N–H and O–H groups in total. The van der Waals surface area contributed by atoms with E-state index in [1.54, 1.807) is 7.11 Å².